The zero-order chi connectivity index (χ0) is 13.7. The first-order valence-corrected chi connectivity index (χ1v) is 6.05. The monoisotopic (exact) mass is 251 g/mol. The number of rotatable bonds is 6. The molecule has 0 aliphatic heterocycles. The number of nitrogens with one attached hydrogen (secondary N) is 1. The van der Waals surface area contributed by atoms with E-state index in [0.29, 0.717) is 6.54 Å². The molecule has 1 unspecified atom stereocenters. The van der Waals surface area contributed by atoms with Crippen LogP contribution in [0.15, 0.2) is 12.1 Å². The van der Waals surface area contributed by atoms with Crippen molar-refractivity contribution in [2.75, 3.05) is 19.0 Å². The largest absolute Gasteiger partial charge is 0.496 e. The molecule has 4 heteroatoms. The Balaban J connectivity index is 2.68. The minimum Gasteiger partial charge on any atom is -0.496 e. The summed E-state index contributed by atoms with van der Waals surface area (Å²) in [6.07, 6.45) is 0.182. The highest BCUT2D eigenvalue weighted by Crippen LogP contribution is 2.27. The fourth-order valence-corrected chi connectivity index (χ4v) is 1.86. The Morgan fingerprint density at radius 2 is 2.06 bits per heavy atom. The zero-order valence-corrected chi connectivity index (χ0v) is 11.4. The Kier molecular flexibility index (Phi) is 5.01. The lowest BCUT2D eigenvalue weighted by Crippen LogP contribution is -2.15. The zero-order valence-electron chi connectivity index (χ0n) is 11.4. The van der Waals surface area contributed by atoms with Crippen molar-refractivity contribution >= 4 is 11.7 Å². The van der Waals surface area contributed by atoms with Crippen molar-refractivity contribution in [2.24, 2.45) is 5.92 Å². The van der Waals surface area contributed by atoms with Crippen LogP contribution in [0.5, 0.6) is 5.75 Å². The van der Waals surface area contributed by atoms with Crippen LogP contribution in [0.4, 0.5) is 5.69 Å². The normalized spacial score (nSPS) is 12.0. The number of carbonyl (C=O) groups is 1. The molecule has 1 aromatic carbocycles. The van der Waals surface area contributed by atoms with Gasteiger partial charge in [0.1, 0.15) is 5.75 Å². The van der Waals surface area contributed by atoms with Gasteiger partial charge < -0.3 is 15.2 Å². The number of benzene rings is 1. The second kappa shape index (κ2) is 6.28. The predicted molar refractivity (Wildman–Crippen MR) is 72.4 cm³/mol. The molecule has 0 spiro atoms. The van der Waals surface area contributed by atoms with E-state index in [1.54, 1.807) is 7.11 Å². The SMILES string of the molecule is COc1ccc(NCC(C)CC(=O)O)c(C)c1C. The maximum Gasteiger partial charge on any atom is 0.303 e. The molecule has 1 aromatic rings. The Hall–Kier alpha value is -1.71. The summed E-state index contributed by atoms with van der Waals surface area (Å²) in [6.45, 7) is 6.62. The van der Waals surface area contributed by atoms with Gasteiger partial charge in [0, 0.05) is 18.7 Å². The van der Waals surface area contributed by atoms with Crippen molar-refractivity contribution in [3.8, 4) is 5.75 Å². The van der Waals surface area contributed by atoms with Gasteiger partial charge in [-0.05, 0) is 43.0 Å². The maximum absolute atomic E-state index is 10.6. The number of hydrogen-bond donors (Lipinski definition) is 2. The molecule has 0 aliphatic carbocycles. The summed E-state index contributed by atoms with van der Waals surface area (Å²) in [7, 11) is 1.66. The van der Waals surface area contributed by atoms with Gasteiger partial charge in [0.2, 0.25) is 0 Å². The standard InChI is InChI=1S/C14H21NO3/c1-9(7-14(16)17)8-15-12-5-6-13(18-4)11(3)10(12)2/h5-6,9,15H,7-8H2,1-4H3,(H,16,17). The molecule has 1 atom stereocenters. The van der Waals surface area contributed by atoms with Crippen molar-refractivity contribution in [3.05, 3.63) is 23.3 Å². The van der Waals surface area contributed by atoms with Gasteiger partial charge >= 0.3 is 5.97 Å². The number of aliphatic carboxylic acids is 1. The van der Waals surface area contributed by atoms with Crippen molar-refractivity contribution in [3.63, 3.8) is 0 Å². The summed E-state index contributed by atoms with van der Waals surface area (Å²) in [6, 6.07) is 3.89. The summed E-state index contributed by atoms with van der Waals surface area (Å²) in [5.41, 5.74) is 3.27. The third-order valence-corrected chi connectivity index (χ3v) is 3.12. The second-order valence-electron chi connectivity index (χ2n) is 4.65. The fourth-order valence-electron chi connectivity index (χ4n) is 1.86. The Morgan fingerprint density at radius 1 is 1.39 bits per heavy atom. The molecule has 0 saturated carbocycles. The Bertz CT molecular complexity index is 429. The summed E-state index contributed by atoms with van der Waals surface area (Å²) in [4.78, 5) is 10.6. The molecular weight excluding hydrogens is 230 g/mol. The van der Waals surface area contributed by atoms with E-state index in [9.17, 15) is 4.79 Å². The molecule has 0 amide bonds. The Morgan fingerprint density at radius 3 is 2.61 bits per heavy atom. The van der Waals surface area contributed by atoms with Crippen molar-refractivity contribution in [1.29, 1.82) is 0 Å². The van der Waals surface area contributed by atoms with Crippen LogP contribution in [-0.2, 0) is 4.79 Å². The molecule has 0 bridgehead atoms. The molecule has 0 saturated heterocycles. The van der Waals surface area contributed by atoms with E-state index >= 15 is 0 Å². The van der Waals surface area contributed by atoms with Crippen molar-refractivity contribution < 1.29 is 14.6 Å². The van der Waals surface area contributed by atoms with Gasteiger partial charge in [0.05, 0.1) is 7.11 Å². The van der Waals surface area contributed by atoms with Gasteiger partial charge in [-0.25, -0.2) is 0 Å². The molecule has 1 rings (SSSR count). The van der Waals surface area contributed by atoms with Gasteiger partial charge in [-0.3, -0.25) is 4.79 Å². The first-order valence-electron chi connectivity index (χ1n) is 6.05. The molecule has 0 aromatic heterocycles. The average molecular weight is 251 g/mol. The van der Waals surface area contributed by atoms with Gasteiger partial charge in [-0.15, -0.1) is 0 Å². The summed E-state index contributed by atoms with van der Waals surface area (Å²) in [5, 5.41) is 12.0. The Labute approximate surface area is 108 Å². The topological polar surface area (TPSA) is 58.6 Å². The molecule has 0 radical (unpaired) electrons. The smallest absolute Gasteiger partial charge is 0.303 e. The quantitative estimate of drug-likeness (QED) is 0.816. The molecule has 18 heavy (non-hydrogen) atoms. The number of carboxylic acid groups (broad SMARTS) is 1. The molecule has 100 valence electrons. The summed E-state index contributed by atoms with van der Waals surface area (Å²) in [5.74, 6) is 0.216. The first-order chi connectivity index (χ1) is 8.45. The minimum atomic E-state index is -0.757. The van der Waals surface area contributed by atoms with Crippen molar-refractivity contribution in [2.45, 2.75) is 27.2 Å². The maximum atomic E-state index is 10.6. The third kappa shape index (κ3) is 3.65. The van der Waals surface area contributed by atoms with Crippen LogP contribution >= 0.6 is 0 Å². The van der Waals surface area contributed by atoms with Crippen LogP contribution in [0.2, 0.25) is 0 Å². The molecule has 0 fully saturated rings. The molecule has 4 nitrogen and oxygen atoms in total. The number of ether oxygens (including phenoxy) is 1. The molecular formula is C14H21NO3. The number of carboxylic acids is 1. The van der Waals surface area contributed by atoms with Gasteiger partial charge in [0.25, 0.3) is 0 Å². The lowest BCUT2D eigenvalue weighted by Gasteiger charge is -2.16. The van der Waals surface area contributed by atoms with Gasteiger partial charge in [0.15, 0.2) is 0 Å². The van der Waals surface area contributed by atoms with E-state index in [1.807, 2.05) is 32.9 Å². The van der Waals surface area contributed by atoms with Crippen LogP contribution in [-0.4, -0.2) is 24.7 Å². The van der Waals surface area contributed by atoms with E-state index in [0.717, 1.165) is 22.6 Å². The lowest BCUT2D eigenvalue weighted by molar-refractivity contribution is -0.137. The van der Waals surface area contributed by atoms with E-state index in [4.69, 9.17) is 9.84 Å². The number of anilines is 1. The minimum absolute atomic E-state index is 0.101. The molecule has 0 heterocycles. The molecule has 0 aliphatic rings. The second-order valence-corrected chi connectivity index (χ2v) is 4.65. The van der Waals surface area contributed by atoms with Crippen LogP contribution < -0.4 is 10.1 Å². The fraction of sp³-hybridized carbons (Fsp3) is 0.500. The van der Waals surface area contributed by atoms with Crippen LogP contribution in [0.25, 0.3) is 0 Å². The van der Waals surface area contributed by atoms with E-state index < -0.39 is 5.97 Å². The van der Waals surface area contributed by atoms with E-state index in [1.165, 1.54) is 0 Å². The summed E-state index contributed by atoms with van der Waals surface area (Å²) < 4.78 is 5.25. The summed E-state index contributed by atoms with van der Waals surface area (Å²) >= 11 is 0. The van der Waals surface area contributed by atoms with Crippen LogP contribution in [0.1, 0.15) is 24.5 Å². The van der Waals surface area contributed by atoms with Crippen LogP contribution in [0.3, 0.4) is 0 Å². The highest BCUT2D eigenvalue weighted by molar-refractivity contribution is 5.67. The third-order valence-electron chi connectivity index (χ3n) is 3.12. The lowest BCUT2D eigenvalue weighted by atomic mass is 10.1. The number of methoxy groups -OCH3 is 1. The van der Waals surface area contributed by atoms with Gasteiger partial charge in [-0.2, -0.15) is 0 Å². The highest BCUT2D eigenvalue weighted by Gasteiger charge is 2.10. The van der Waals surface area contributed by atoms with E-state index in [-0.39, 0.29) is 12.3 Å². The van der Waals surface area contributed by atoms with Gasteiger partial charge in [-0.1, -0.05) is 6.92 Å². The predicted octanol–water partition coefficient (Wildman–Crippen LogP) is 2.83. The van der Waals surface area contributed by atoms with Crippen LogP contribution in [0, 0.1) is 19.8 Å². The molecule has 2 N–H and O–H groups in total. The number of hydrogen-bond acceptors (Lipinski definition) is 3. The van der Waals surface area contributed by atoms with Crippen molar-refractivity contribution in [1.82, 2.24) is 0 Å². The first kappa shape index (κ1) is 14.4. The highest BCUT2D eigenvalue weighted by atomic mass is 16.5. The van der Waals surface area contributed by atoms with E-state index in [2.05, 4.69) is 5.32 Å². The average Bonchev–Trinajstić information content (AvgIpc) is 2.30.